The van der Waals surface area contributed by atoms with E-state index in [2.05, 4.69) is 10.3 Å². The monoisotopic (exact) mass is 360 g/mol. The quantitative estimate of drug-likeness (QED) is 0.676. The number of carboxylic acids is 1. The van der Waals surface area contributed by atoms with E-state index in [1.165, 1.54) is 0 Å². The van der Waals surface area contributed by atoms with E-state index >= 15 is 0 Å². The summed E-state index contributed by atoms with van der Waals surface area (Å²) in [5.41, 5.74) is 1.42. The molecule has 0 atom stereocenters. The molecular weight excluding hydrogens is 348 g/mol. The number of thiazole rings is 1. The largest absolute Gasteiger partial charge is 0.497 e. The highest BCUT2D eigenvalue weighted by Crippen LogP contribution is 2.34. The van der Waals surface area contributed by atoms with Crippen LogP contribution in [0.15, 0.2) is 48.5 Å². The molecule has 0 aliphatic heterocycles. The minimum absolute atomic E-state index is 0.126. The van der Waals surface area contributed by atoms with Gasteiger partial charge in [0.2, 0.25) is 0 Å². The number of carbonyl (C=O) groups is 1. The summed E-state index contributed by atoms with van der Waals surface area (Å²) in [6, 6.07) is 14.4. The van der Waals surface area contributed by atoms with E-state index in [0.717, 1.165) is 22.6 Å². The molecule has 0 fully saturated rings. The molecule has 122 valence electrons. The Labute approximate surface area is 147 Å². The van der Waals surface area contributed by atoms with Crippen LogP contribution in [0.1, 0.15) is 9.67 Å². The number of nitrogens with zero attached hydrogens (tertiary/aromatic N) is 1. The Morgan fingerprint density at radius 1 is 1.21 bits per heavy atom. The number of methoxy groups -OCH3 is 1. The molecule has 3 aromatic rings. The predicted octanol–water partition coefficient (Wildman–Crippen LogP) is 4.91. The fraction of sp³-hybridized carbons (Fsp3) is 0.0588. The number of hydrogen-bond acceptors (Lipinski definition) is 5. The van der Waals surface area contributed by atoms with E-state index in [1.807, 2.05) is 18.2 Å². The number of hydrogen-bond donors (Lipinski definition) is 2. The van der Waals surface area contributed by atoms with Gasteiger partial charge in [-0.25, -0.2) is 9.78 Å². The molecule has 5 nitrogen and oxygen atoms in total. The van der Waals surface area contributed by atoms with E-state index in [1.54, 1.807) is 37.4 Å². The zero-order valence-electron chi connectivity index (χ0n) is 12.6. The first-order valence-electron chi connectivity index (χ1n) is 6.98. The molecule has 24 heavy (non-hydrogen) atoms. The molecule has 3 rings (SSSR count). The number of anilines is 2. The van der Waals surface area contributed by atoms with Gasteiger partial charge in [0.05, 0.1) is 17.8 Å². The average Bonchev–Trinajstić information content (AvgIpc) is 3.01. The van der Waals surface area contributed by atoms with Crippen LogP contribution in [0.2, 0.25) is 5.02 Å². The third kappa shape index (κ3) is 3.34. The number of rotatable bonds is 5. The summed E-state index contributed by atoms with van der Waals surface area (Å²) in [6.45, 7) is 0. The summed E-state index contributed by atoms with van der Waals surface area (Å²) < 4.78 is 5.13. The number of benzene rings is 2. The fourth-order valence-corrected chi connectivity index (χ4v) is 3.14. The molecule has 0 spiro atoms. The molecule has 1 aromatic heterocycles. The number of nitrogens with one attached hydrogen (secondary N) is 1. The van der Waals surface area contributed by atoms with Gasteiger partial charge in [-0.1, -0.05) is 23.7 Å². The Morgan fingerprint density at radius 2 is 1.92 bits per heavy atom. The average molecular weight is 361 g/mol. The van der Waals surface area contributed by atoms with E-state index in [0.29, 0.717) is 15.7 Å². The van der Waals surface area contributed by atoms with Crippen molar-refractivity contribution in [1.29, 1.82) is 0 Å². The lowest BCUT2D eigenvalue weighted by Gasteiger charge is -2.06. The summed E-state index contributed by atoms with van der Waals surface area (Å²) in [5, 5.41) is 13.5. The van der Waals surface area contributed by atoms with Crippen LogP contribution in [0.5, 0.6) is 5.75 Å². The van der Waals surface area contributed by atoms with Crippen molar-refractivity contribution in [3.8, 4) is 16.3 Å². The van der Waals surface area contributed by atoms with Crippen LogP contribution < -0.4 is 10.1 Å². The van der Waals surface area contributed by atoms with Gasteiger partial charge in [-0.2, -0.15) is 0 Å². The first kappa shape index (κ1) is 16.3. The highest BCUT2D eigenvalue weighted by Gasteiger charge is 2.19. The number of aromatic nitrogens is 1. The van der Waals surface area contributed by atoms with Gasteiger partial charge in [0, 0.05) is 5.56 Å². The van der Waals surface area contributed by atoms with Crippen LogP contribution in [-0.2, 0) is 0 Å². The number of aromatic carboxylic acids is 1. The maximum Gasteiger partial charge on any atom is 0.349 e. The summed E-state index contributed by atoms with van der Waals surface area (Å²) in [6.07, 6.45) is 0. The zero-order chi connectivity index (χ0) is 17.1. The molecule has 0 saturated heterocycles. The van der Waals surface area contributed by atoms with Crippen molar-refractivity contribution in [2.45, 2.75) is 0 Å². The van der Waals surface area contributed by atoms with Gasteiger partial charge >= 0.3 is 5.97 Å². The Hall–Kier alpha value is -2.57. The highest BCUT2D eigenvalue weighted by atomic mass is 35.5. The second-order valence-corrected chi connectivity index (χ2v) is 6.24. The van der Waals surface area contributed by atoms with Crippen molar-refractivity contribution in [3.63, 3.8) is 0 Å². The van der Waals surface area contributed by atoms with Gasteiger partial charge in [-0.05, 0) is 36.4 Å². The standard InChI is InChI=1S/C17H13ClN2O3S/c1-23-11-8-6-10(7-9-11)16-20-15(14(24-16)17(21)22)19-13-5-3-2-4-12(13)18/h2-9,19H,1H3,(H,21,22). The van der Waals surface area contributed by atoms with Crippen LogP contribution in [0.25, 0.3) is 10.6 Å². The number of halogens is 1. The van der Waals surface area contributed by atoms with Gasteiger partial charge in [0.1, 0.15) is 10.8 Å². The molecule has 1 heterocycles. The Balaban J connectivity index is 1.98. The lowest BCUT2D eigenvalue weighted by atomic mass is 10.2. The maximum absolute atomic E-state index is 11.5. The molecule has 7 heteroatoms. The molecule has 0 radical (unpaired) electrons. The molecule has 0 aliphatic rings. The Bertz CT molecular complexity index is 878. The van der Waals surface area contributed by atoms with Gasteiger partial charge < -0.3 is 15.2 Å². The lowest BCUT2D eigenvalue weighted by Crippen LogP contribution is -2.00. The zero-order valence-corrected chi connectivity index (χ0v) is 14.2. The van der Waals surface area contributed by atoms with Crippen molar-refractivity contribution >= 4 is 40.4 Å². The molecule has 0 aliphatic carbocycles. The van der Waals surface area contributed by atoms with Crippen LogP contribution in [0.3, 0.4) is 0 Å². The number of carboxylic acid groups (broad SMARTS) is 1. The van der Waals surface area contributed by atoms with Crippen LogP contribution >= 0.6 is 22.9 Å². The normalized spacial score (nSPS) is 10.4. The summed E-state index contributed by atoms with van der Waals surface area (Å²) >= 11 is 7.22. The minimum atomic E-state index is -1.04. The lowest BCUT2D eigenvalue weighted by molar-refractivity contribution is 0.0703. The van der Waals surface area contributed by atoms with Gasteiger partial charge in [-0.3, -0.25) is 0 Å². The number of para-hydroxylation sites is 1. The van der Waals surface area contributed by atoms with Crippen LogP contribution in [0, 0.1) is 0 Å². The van der Waals surface area contributed by atoms with E-state index in [4.69, 9.17) is 16.3 Å². The molecule has 2 N–H and O–H groups in total. The predicted molar refractivity (Wildman–Crippen MR) is 95.8 cm³/mol. The summed E-state index contributed by atoms with van der Waals surface area (Å²) in [4.78, 5) is 16.1. The molecule has 0 amide bonds. The SMILES string of the molecule is COc1ccc(-c2nc(Nc3ccccc3Cl)c(C(=O)O)s2)cc1. The third-order valence-corrected chi connectivity index (χ3v) is 4.71. The van der Waals surface area contributed by atoms with E-state index < -0.39 is 5.97 Å². The molecule has 0 unspecified atom stereocenters. The third-order valence-electron chi connectivity index (χ3n) is 3.29. The minimum Gasteiger partial charge on any atom is -0.497 e. The summed E-state index contributed by atoms with van der Waals surface area (Å²) in [5.74, 6) is -0.0450. The summed E-state index contributed by atoms with van der Waals surface area (Å²) in [7, 11) is 1.59. The fourth-order valence-electron chi connectivity index (χ4n) is 2.10. The smallest absolute Gasteiger partial charge is 0.349 e. The van der Waals surface area contributed by atoms with Crippen LogP contribution in [0.4, 0.5) is 11.5 Å². The Morgan fingerprint density at radius 3 is 2.54 bits per heavy atom. The molecule has 2 aromatic carbocycles. The second-order valence-electron chi connectivity index (χ2n) is 4.84. The van der Waals surface area contributed by atoms with E-state index in [-0.39, 0.29) is 10.7 Å². The van der Waals surface area contributed by atoms with Gasteiger partial charge in [-0.15, -0.1) is 11.3 Å². The van der Waals surface area contributed by atoms with Gasteiger partial charge in [0.25, 0.3) is 0 Å². The number of ether oxygens (including phenoxy) is 1. The highest BCUT2D eigenvalue weighted by molar-refractivity contribution is 7.17. The molecule has 0 bridgehead atoms. The van der Waals surface area contributed by atoms with Crippen molar-refractivity contribution in [2.24, 2.45) is 0 Å². The first-order chi connectivity index (χ1) is 11.6. The van der Waals surface area contributed by atoms with Crippen LogP contribution in [-0.4, -0.2) is 23.2 Å². The van der Waals surface area contributed by atoms with Gasteiger partial charge in [0.15, 0.2) is 10.7 Å². The Kier molecular flexibility index (Phi) is 4.69. The molecular formula is C17H13ClN2O3S. The van der Waals surface area contributed by atoms with Crippen molar-refractivity contribution in [2.75, 3.05) is 12.4 Å². The topological polar surface area (TPSA) is 71.5 Å². The second kappa shape index (κ2) is 6.90. The maximum atomic E-state index is 11.5. The van der Waals surface area contributed by atoms with Crippen molar-refractivity contribution < 1.29 is 14.6 Å². The first-order valence-corrected chi connectivity index (χ1v) is 8.18. The van der Waals surface area contributed by atoms with E-state index in [9.17, 15) is 9.90 Å². The van der Waals surface area contributed by atoms with Crippen molar-refractivity contribution in [3.05, 3.63) is 58.4 Å². The molecule has 0 saturated carbocycles. The van der Waals surface area contributed by atoms with Crippen molar-refractivity contribution in [1.82, 2.24) is 4.98 Å².